The van der Waals surface area contributed by atoms with Crippen LogP contribution in [0.4, 0.5) is 0 Å². The van der Waals surface area contributed by atoms with Crippen LogP contribution in [-0.2, 0) is 45.9 Å². The summed E-state index contributed by atoms with van der Waals surface area (Å²) in [7, 11) is -8.89. The first-order valence-electron chi connectivity index (χ1n) is 18.0. The molecule has 4 aromatic carbocycles. The van der Waals surface area contributed by atoms with E-state index in [2.05, 4.69) is 39.8 Å². The second-order valence-corrected chi connectivity index (χ2v) is 15.5. The summed E-state index contributed by atoms with van der Waals surface area (Å²) >= 11 is 0. The molecule has 6 nitrogen and oxygen atoms in total. The van der Waals surface area contributed by atoms with Gasteiger partial charge in [0, 0.05) is 0 Å². The van der Waals surface area contributed by atoms with Gasteiger partial charge in [-0.1, -0.05) is 128 Å². The second-order valence-electron chi connectivity index (χ2n) is 12.8. The molecule has 0 radical (unpaired) electrons. The maximum atomic E-state index is 11.7. The van der Waals surface area contributed by atoms with Crippen molar-refractivity contribution in [3.63, 3.8) is 0 Å². The predicted octanol–water partition coefficient (Wildman–Crippen LogP) is 10.0. The first-order chi connectivity index (χ1) is 23.0. The van der Waals surface area contributed by atoms with E-state index in [9.17, 15) is 25.9 Å². The molecule has 0 spiro atoms. The van der Waals surface area contributed by atoms with Crippen molar-refractivity contribution in [2.24, 2.45) is 0 Å². The third-order valence-corrected chi connectivity index (χ3v) is 11.0. The normalized spacial score (nSPS) is 11.7. The minimum atomic E-state index is -4.45. The van der Waals surface area contributed by atoms with Crippen molar-refractivity contribution < 1.29 is 25.9 Å². The zero-order chi connectivity index (χ0) is 35.2. The smallest absolute Gasteiger partial charge is 0.744 e. The van der Waals surface area contributed by atoms with E-state index in [1.807, 2.05) is 36.4 Å². The molecule has 0 bridgehead atoms. The number of rotatable bonds is 18. The van der Waals surface area contributed by atoms with Crippen molar-refractivity contribution in [2.45, 2.75) is 140 Å². The summed E-state index contributed by atoms with van der Waals surface area (Å²) in [4.78, 5) is -0.0892. The molecule has 0 saturated heterocycles. The van der Waals surface area contributed by atoms with Crippen LogP contribution in [0.5, 0.6) is 0 Å². The number of fused-ring (bicyclic) bond motifs is 2. The summed E-state index contributed by atoms with van der Waals surface area (Å²) in [6.07, 6.45) is 16.2. The Morgan fingerprint density at radius 2 is 0.755 bits per heavy atom. The first-order valence-corrected chi connectivity index (χ1v) is 20.8. The van der Waals surface area contributed by atoms with Crippen molar-refractivity contribution in [1.82, 2.24) is 0 Å². The van der Waals surface area contributed by atoms with Gasteiger partial charge in [-0.3, -0.25) is 0 Å². The predicted molar refractivity (Wildman–Crippen MR) is 202 cm³/mol. The van der Waals surface area contributed by atoms with Gasteiger partial charge in [-0.2, -0.15) is 0 Å². The summed E-state index contributed by atoms with van der Waals surface area (Å²) in [6.45, 7) is 8.58. The van der Waals surface area contributed by atoms with Crippen molar-refractivity contribution in [3.05, 3.63) is 82.9 Å². The van der Waals surface area contributed by atoms with E-state index in [1.165, 1.54) is 48.9 Å². The van der Waals surface area contributed by atoms with E-state index in [-0.39, 0.29) is 47.5 Å². The molecule has 0 aliphatic rings. The van der Waals surface area contributed by atoms with Gasteiger partial charge in [0.2, 0.25) is 0 Å². The van der Waals surface area contributed by atoms with E-state index >= 15 is 0 Å². The fourth-order valence-corrected chi connectivity index (χ4v) is 8.08. The maximum Gasteiger partial charge on any atom is 2.00 e. The quantitative estimate of drug-likeness (QED) is 0.0571. The van der Waals surface area contributed by atoms with Crippen molar-refractivity contribution in [1.29, 1.82) is 0 Å². The van der Waals surface area contributed by atoms with Crippen LogP contribution in [0.15, 0.2) is 70.5 Å². The second kappa shape index (κ2) is 21.8. The van der Waals surface area contributed by atoms with Crippen LogP contribution in [0, 0.1) is 0 Å². The molecule has 0 fully saturated rings. The molecule has 264 valence electrons. The maximum absolute atomic E-state index is 11.7. The van der Waals surface area contributed by atoms with Crippen molar-refractivity contribution in [2.75, 3.05) is 0 Å². The summed E-state index contributed by atoms with van der Waals surface area (Å²) in [6, 6.07) is 18.7. The number of benzene rings is 4. The average molecular weight is 735 g/mol. The Morgan fingerprint density at radius 3 is 1.06 bits per heavy atom. The first kappa shape index (κ1) is 43.6. The van der Waals surface area contributed by atoms with Gasteiger partial charge in [0.25, 0.3) is 0 Å². The van der Waals surface area contributed by atoms with Crippen LogP contribution in [0.2, 0.25) is 0 Å². The molecule has 0 N–H and O–H groups in total. The Balaban J connectivity index is 0.000000333. The zero-order valence-electron chi connectivity index (χ0n) is 30.1. The van der Waals surface area contributed by atoms with Crippen LogP contribution in [0.3, 0.4) is 0 Å². The van der Waals surface area contributed by atoms with Gasteiger partial charge in [-0.05, 0) is 107 Å². The van der Waals surface area contributed by atoms with E-state index in [0.29, 0.717) is 24.0 Å². The van der Waals surface area contributed by atoms with Crippen LogP contribution in [-0.4, -0.2) is 63.7 Å². The number of hydrogen-bond donors (Lipinski definition) is 0. The zero-order valence-corrected chi connectivity index (χ0v) is 33.9. The van der Waals surface area contributed by atoms with Gasteiger partial charge in [-0.15, -0.1) is 0 Å². The molecular formula is C40H54CaO6S2. The Kier molecular flexibility index (Phi) is 19.4. The summed E-state index contributed by atoms with van der Waals surface area (Å²) in [5.41, 5.74) is 3.89. The molecular weight excluding hydrogens is 681 g/mol. The monoisotopic (exact) mass is 734 g/mol. The fourth-order valence-electron chi connectivity index (χ4n) is 6.59. The minimum Gasteiger partial charge on any atom is -0.744 e. The largest absolute Gasteiger partial charge is 2.00 e. The summed E-state index contributed by atoms with van der Waals surface area (Å²) < 4.78 is 70.0. The molecule has 0 aromatic heterocycles. The van der Waals surface area contributed by atoms with E-state index in [0.717, 1.165) is 85.8 Å². The van der Waals surface area contributed by atoms with E-state index < -0.39 is 20.2 Å². The summed E-state index contributed by atoms with van der Waals surface area (Å²) in [5, 5.41) is 4.04. The van der Waals surface area contributed by atoms with E-state index in [1.54, 1.807) is 0 Å². The molecule has 4 rings (SSSR count). The van der Waals surface area contributed by atoms with Crippen LogP contribution < -0.4 is 0 Å². The molecule has 4 aromatic rings. The SMILES string of the molecule is CCCCCc1cccc2c(CCCCC)c(S(=O)(=O)[O-])ccc12.CCCCCc1cccc2c(CCCCC)c(S(=O)(=O)[O-])ccc12.[Ca+2]. The average Bonchev–Trinajstić information content (AvgIpc) is 3.04. The third kappa shape index (κ3) is 12.9. The Morgan fingerprint density at radius 1 is 0.429 bits per heavy atom. The topological polar surface area (TPSA) is 114 Å². The molecule has 0 amide bonds. The van der Waals surface area contributed by atoms with Gasteiger partial charge in [0.05, 0.1) is 9.79 Å². The Hall–Kier alpha value is -1.52. The van der Waals surface area contributed by atoms with Gasteiger partial charge in [0.15, 0.2) is 0 Å². The molecule has 0 heterocycles. The van der Waals surface area contributed by atoms with E-state index in [4.69, 9.17) is 0 Å². The van der Waals surface area contributed by atoms with Gasteiger partial charge < -0.3 is 9.11 Å². The van der Waals surface area contributed by atoms with Gasteiger partial charge >= 0.3 is 37.7 Å². The third-order valence-electron chi connectivity index (χ3n) is 9.14. The molecule has 0 atom stereocenters. The molecule has 9 heteroatoms. The number of unbranched alkanes of at least 4 members (excludes halogenated alkanes) is 8. The standard InChI is InChI=1S/2C20H28O3S.Ca/c2*1-3-5-7-10-16-11-9-13-18-17(16)14-15-20(24(21,22)23)19(18)12-8-6-4-2;/h2*9,11,13-15H,3-8,10,12H2,1-2H3,(H,21,22,23);/q;;+2/p-2. The fraction of sp³-hybridized carbons (Fsp3) is 0.500. The Bertz CT molecular complexity index is 1700. The van der Waals surface area contributed by atoms with Gasteiger partial charge in [-0.25, -0.2) is 16.8 Å². The minimum absolute atomic E-state index is 0. The van der Waals surface area contributed by atoms with Crippen LogP contribution >= 0.6 is 0 Å². The number of aryl methyl sites for hydroxylation is 4. The molecule has 0 aliphatic carbocycles. The van der Waals surface area contributed by atoms with Crippen LogP contribution in [0.1, 0.15) is 127 Å². The molecule has 0 unspecified atom stereocenters. The number of hydrogen-bond acceptors (Lipinski definition) is 6. The summed E-state index contributed by atoms with van der Waals surface area (Å²) in [5.74, 6) is 0. The molecule has 0 aliphatic heterocycles. The van der Waals surface area contributed by atoms with Crippen molar-refractivity contribution >= 4 is 79.5 Å². The van der Waals surface area contributed by atoms with Crippen molar-refractivity contribution in [3.8, 4) is 0 Å². The molecule has 49 heavy (non-hydrogen) atoms. The van der Waals surface area contributed by atoms with Gasteiger partial charge in [0.1, 0.15) is 20.2 Å². The van der Waals surface area contributed by atoms with Crippen LogP contribution in [0.25, 0.3) is 21.5 Å². The Labute approximate surface area is 326 Å². The molecule has 0 saturated carbocycles.